The van der Waals surface area contributed by atoms with Gasteiger partial charge < -0.3 is 20.4 Å². The van der Waals surface area contributed by atoms with Crippen LogP contribution in [-0.2, 0) is 17.3 Å². The number of halogens is 5. The first-order valence-corrected chi connectivity index (χ1v) is 11.9. The SMILES string of the molecule is FC(F)(F)c1nc(NCCN2CCc3c([nH]c4ccc(Cl)cc34)C2CNC2COC2)ccc1Cl. The van der Waals surface area contributed by atoms with Crippen LogP contribution in [-0.4, -0.2) is 60.3 Å². The average Bonchev–Trinajstić information content (AvgIpc) is 3.12. The van der Waals surface area contributed by atoms with E-state index in [-0.39, 0.29) is 11.9 Å². The van der Waals surface area contributed by atoms with Crippen LogP contribution >= 0.6 is 23.2 Å². The number of anilines is 1. The summed E-state index contributed by atoms with van der Waals surface area (Å²) in [4.78, 5) is 9.58. The normalized spacial score (nSPS) is 19.3. The Morgan fingerprint density at radius 1 is 1.18 bits per heavy atom. The van der Waals surface area contributed by atoms with E-state index >= 15 is 0 Å². The molecular weight excluding hydrogens is 490 g/mol. The van der Waals surface area contributed by atoms with E-state index in [0.29, 0.717) is 37.4 Å². The first-order chi connectivity index (χ1) is 16.3. The Kier molecular flexibility index (Phi) is 6.65. The lowest BCUT2D eigenvalue weighted by Crippen LogP contribution is -2.50. The van der Waals surface area contributed by atoms with Crippen molar-refractivity contribution in [2.75, 3.05) is 44.7 Å². The summed E-state index contributed by atoms with van der Waals surface area (Å²) in [5, 5.41) is 8.02. The van der Waals surface area contributed by atoms with Gasteiger partial charge in [-0.2, -0.15) is 13.2 Å². The third kappa shape index (κ3) is 4.85. The Bertz CT molecular complexity index is 1180. The van der Waals surface area contributed by atoms with Crippen LogP contribution in [0.3, 0.4) is 0 Å². The Balaban J connectivity index is 1.32. The number of fused-ring (bicyclic) bond motifs is 3. The molecule has 2 aromatic heterocycles. The van der Waals surface area contributed by atoms with Crippen molar-refractivity contribution in [3.05, 3.63) is 57.3 Å². The number of pyridine rings is 1. The molecule has 4 heterocycles. The summed E-state index contributed by atoms with van der Waals surface area (Å²) < 4.78 is 44.6. The third-order valence-corrected chi connectivity index (χ3v) is 6.92. The van der Waals surface area contributed by atoms with E-state index in [2.05, 4.69) is 25.5 Å². The summed E-state index contributed by atoms with van der Waals surface area (Å²) in [5.41, 5.74) is 2.40. The molecule has 0 saturated carbocycles. The van der Waals surface area contributed by atoms with Crippen LogP contribution in [0.25, 0.3) is 10.9 Å². The van der Waals surface area contributed by atoms with E-state index in [1.165, 1.54) is 17.7 Å². The number of ether oxygens (including phenoxy) is 1. The fraction of sp³-hybridized carbons (Fsp3) is 0.435. The van der Waals surface area contributed by atoms with Crippen LogP contribution in [0.2, 0.25) is 10.0 Å². The van der Waals surface area contributed by atoms with Crippen molar-refractivity contribution in [2.45, 2.75) is 24.7 Å². The number of nitrogens with zero attached hydrogens (tertiary/aromatic N) is 2. The lowest BCUT2D eigenvalue weighted by molar-refractivity contribution is -0.141. The molecule has 3 N–H and O–H groups in total. The van der Waals surface area contributed by atoms with Crippen LogP contribution < -0.4 is 10.6 Å². The second kappa shape index (κ2) is 9.54. The molecule has 34 heavy (non-hydrogen) atoms. The van der Waals surface area contributed by atoms with Gasteiger partial charge in [-0.15, -0.1) is 0 Å². The molecule has 1 unspecified atom stereocenters. The maximum atomic E-state index is 13.1. The van der Waals surface area contributed by atoms with Gasteiger partial charge in [-0.1, -0.05) is 23.2 Å². The highest BCUT2D eigenvalue weighted by Crippen LogP contribution is 2.36. The number of rotatable bonds is 7. The largest absolute Gasteiger partial charge is 0.434 e. The van der Waals surface area contributed by atoms with Crippen molar-refractivity contribution in [3.63, 3.8) is 0 Å². The maximum Gasteiger partial charge on any atom is 0.434 e. The van der Waals surface area contributed by atoms with E-state index in [4.69, 9.17) is 27.9 Å². The van der Waals surface area contributed by atoms with E-state index in [9.17, 15) is 13.2 Å². The number of hydrogen-bond donors (Lipinski definition) is 3. The van der Waals surface area contributed by atoms with Gasteiger partial charge >= 0.3 is 6.18 Å². The number of aromatic nitrogens is 2. The van der Waals surface area contributed by atoms with Gasteiger partial charge in [0.2, 0.25) is 0 Å². The molecule has 1 aromatic carbocycles. The highest BCUT2D eigenvalue weighted by atomic mass is 35.5. The Morgan fingerprint density at radius 3 is 2.74 bits per heavy atom. The van der Waals surface area contributed by atoms with Gasteiger partial charge in [-0.05, 0) is 42.3 Å². The van der Waals surface area contributed by atoms with Gasteiger partial charge in [0.1, 0.15) is 5.82 Å². The number of alkyl halides is 3. The Morgan fingerprint density at radius 2 is 2.00 bits per heavy atom. The standard InChI is InChI=1S/C23H24Cl2F3N5O/c24-13-1-3-18-16(9-13)15-5-7-33(19(21(15)31-18)10-30-14-11-34-12-14)8-6-29-20-4-2-17(25)22(32-20)23(26,27)28/h1-4,9,14,19,30-31H,5-8,10-12H2,(H,29,32). The zero-order valence-corrected chi connectivity index (χ0v) is 19.7. The number of H-pyrrole nitrogens is 1. The zero-order chi connectivity index (χ0) is 23.9. The molecule has 0 spiro atoms. The van der Waals surface area contributed by atoms with Crippen LogP contribution in [0.4, 0.5) is 19.0 Å². The first kappa shape index (κ1) is 23.7. The topological polar surface area (TPSA) is 65.2 Å². The molecule has 0 aliphatic carbocycles. The van der Waals surface area contributed by atoms with Crippen molar-refractivity contribution >= 4 is 39.9 Å². The van der Waals surface area contributed by atoms with E-state index < -0.39 is 16.9 Å². The van der Waals surface area contributed by atoms with Crippen LogP contribution in [0, 0.1) is 0 Å². The first-order valence-electron chi connectivity index (χ1n) is 11.1. The van der Waals surface area contributed by atoms with Crippen molar-refractivity contribution in [1.29, 1.82) is 0 Å². The van der Waals surface area contributed by atoms with Crippen LogP contribution in [0.5, 0.6) is 0 Å². The molecule has 0 radical (unpaired) electrons. The molecule has 3 aromatic rings. The van der Waals surface area contributed by atoms with Gasteiger partial charge in [0.05, 0.1) is 30.3 Å². The molecule has 1 fully saturated rings. The average molecular weight is 514 g/mol. The Labute approximate surface area is 204 Å². The molecule has 1 atom stereocenters. The van der Waals surface area contributed by atoms with Gasteiger partial charge in [0, 0.05) is 47.8 Å². The minimum absolute atomic E-state index is 0.0845. The van der Waals surface area contributed by atoms with E-state index in [1.807, 2.05) is 18.2 Å². The molecule has 11 heteroatoms. The second-order valence-corrected chi connectivity index (χ2v) is 9.45. The zero-order valence-electron chi connectivity index (χ0n) is 18.2. The van der Waals surface area contributed by atoms with Crippen LogP contribution in [0.15, 0.2) is 30.3 Å². The number of hydrogen-bond acceptors (Lipinski definition) is 5. The van der Waals surface area contributed by atoms with Crippen molar-refractivity contribution in [1.82, 2.24) is 20.2 Å². The fourth-order valence-corrected chi connectivity index (χ4v) is 4.97. The van der Waals surface area contributed by atoms with Crippen molar-refractivity contribution in [2.24, 2.45) is 0 Å². The van der Waals surface area contributed by atoms with Gasteiger partial charge in [0.25, 0.3) is 0 Å². The maximum absolute atomic E-state index is 13.1. The summed E-state index contributed by atoms with van der Waals surface area (Å²) in [6.45, 7) is 4.04. The number of aromatic amines is 1. The fourth-order valence-electron chi connectivity index (χ4n) is 4.59. The molecule has 2 aliphatic heterocycles. The molecule has 6 nitrogen and oxygen atoms in total. The Hall–Kier alpha value is -2.04. The van der Waals surface area contributed by atoms with E-state index in [1.54, 1.807) is 0 Å². The molecule has 182 valence electrons. The molecule has 0 amide bonds. The van der Waals surface area contributed by atoms with Gasteiger partial charge in [-0.25, -0.2) is 4.98 Å². The summed E-state index contributed by atoms with van der Waals surface area (Å²) >= 11 is 11.9. The highest BCUT2D eigenvalue weighted by molar-refractivity contribution is 6.31. The summed E-state index contributed by atoms with van der Waals surface area (Å²) in [7, 11) is 0. The quantitative estimate of drug-likeness (QED) is 0.419. The van der Waals surface area contributed by atoms with Crippen LogP contribution in [0.1, 0.15) is 23.0 Å². The minimum Gasteiger partial charge on any atom is -0.378 e. The number of benzene rings is 1. The second-order valence-electron chi connectivity index (χ2n) is 8.60. The predicted molar refractivity (Wildman–Crippen MR) is 127 cm³/mol. The lowest BCUT2D eigenvalue weighted by Gasteiger charge is -2.38. The van der Waals surface area contributed by atoms with E-state index in [0.717, 1.165) is 36.1 Å². The molecule has 1 saturated heterocycles. The lowest BCUT2D eigenvalue weighted by atomic mass is 9.97. The van der Waals surface area contributed by atoms with Gasteiger partial charge in [0.15, 0.2) is 5.69 Å². The monoisotopic (exact) mass is 513 g/mol. The smallest absolute Gasteiger partial charge is 0.378 e. The molecule has 0 bridgehead atoms. The van der Waals surface area contributed by atoms with Gasteiger partial charge in [-0.3, -0.25) is 4.90 Å². The summed E-state index contributed by atoms with van der Waals surface area (Å²) in [6, 6.07) is 8.97. The summed E-state index contributed by atoms with van der Waals surface area (Å²) in [5.74, 6) is 0.149. The summed E-state index contributed by atoms with van der Waals surface area (Å²) in [6.07, 6.45) is -3.74. The molecule has 2 aliphatic rings. The molecular formula is C23H24Cl2F3N5O. The van der Waals surface area contributed by atoms with Crippen molar-refractivity contribution < 1.29 is 17.9 Å². The highest BCUT2D eigenvalue weighted by Gasteiger charge is 2.36. The minimum atomic E-state index is -4.60. The molecule has 5 rings (SSSR count). The third-order valence-electron chi connectivity index (χ3n) is 6.38. The predicted octanol–water partition coefficient (Wildman–Crippen LogP) is 4.89. The number of nitrogens with one attached hydrogen (secondary N) is 3. The van der Waals surface area contributed by atoms with Crippen molar-refractivity contribution in [3.8, 4) is 0 Å².